The summed E-state index contributed by atoms with van der Waals surface area (Å²) >= 11 is 0. The third kappa shape index (κ3) is 3.94. The molecule has 5 heteroatoms. The molecule has 0 fully saturated rings. The first-order valence-corrected chi connectivity index (χ1v) is 9.36. The predicted octanol–water partition coefficient (Wildman–Crippen LogP) is 5.96. The van der Waals surface area contributed by atoms with Crippen molar-refractivity contribution in [1.29, 1.82) is 0 Å². The van der Waals surface area contributed by atoms with Gasteiger partial charge >= 0.3 is 0 Å². The Morgan fingerprint density at radius 2 is 1.72 bits per heavy atom. The summed E-state index contributed by atoms with van der Waals surface area (Å²) < 4.78 is 19.0. The highest BCUT2D eigenvalue weighted by Gasteiger charge is 2.17. The van der Waals surface area contributed by atoms with E-state index in [2.05, 4.69) is 10.3 Å². The third-order valence-corrected chi connectivity index (χ3v) is 4.68. The fraction of sp³-hybridized carbons (Fsp3) is 0.0833. The minimum Gasteiger partial charge on any atom is -0.436 e. The van der Waals surface area contributed by atoms with E-state index in [1.165, 1.54) is 12.1 Å². The molecule has 1 heterocycles. The Morgan fingerprint density at radius 1 is 1.00 bits per heavy atom. The van der Waals surface area contributed by atoms with Crippen LogP contribution in [0, 0.1) is 5.82 Å². The number of carbonyl (C=O) groups is 1. The first-order valence-electron chi connectivity index (χ1n) is 9.36. The molecule has 0 spiro atoms. The summed E-state index contributed by atoms with van der Waals surface area (Å²) in [7, 11) is 0. The maximum absolute atomic E-state index is 13.2. The van der Waals surface area contributed by atoms with E-state index >= 15 is 0 Å². The number of oxazole rings is 1. The van der Waals surface area contributed by atoms with Crippen molar-refractivity contribution >= 4 is 11.6 Å². The van der Waals surface area contributed by atoms with Crippen molar-refractivity contribution in [1.82, 2.24) is 4.98 Å². The Labute approximate surface area is 168 Å². The van der Waals surface area contributed by atoms with E-state index in [0.717, 1.165) is 17.7 Å². The van der Waals surface area contributed by atoms with Crippen molar-refractivity contribution < 1.29 is 13.6 Å². The average Bonchev–Trinajstić information content (AvgIpc) is 3.25. The Bertz CT molecular complexity index is 1150. The lowest BCUT2D eigenvalue weighted by Gasteiger charge is -2.11. The number of carbonyl (C=O) groups excluding carboxylic acids is 1. The minimum atomic E-state index is -0.317. The number of para-hydroxylation sites is 1. The number of nitrogens with one attached hydrogen (secondary N) is 1. The number of rotatable bonds is 5. The fourth-order valence-corrected chi connectivity index (χ4v) is 3.15. The summed E-state index contributed by atoms with van der Waals surface area (Å²) in [6.45, 7) is 2.04. The molecule has 0 unspecified atom stereocenters. The molecule has 0 saturated carbocycles. The van der Waals surface area contributed by atoms with Crippen LogP contribution in [0.15, 0.2) is 83.4 Å². The van der Waals surface area contributed by atoms with Gasteiger partial charge in [-0.2, -0.15) is 0 Å². The van der Waals surface area contributed by atoms with Crippen molar-refractivity contribution in [2.24, 2.45) is 0 Å². The Morgan fingerprint density at radius 3 is 2.52 bits per heavy atom. The number of anilines is 1. The minimum absolute atomic E-state index is 0.233. The number of aromatic nitrogens is 1. The quantitative estimate of drug-likeness (QED) is 0.460. The largest absolute Gasteiger partial charge is 0.436 e. The number of hydrogen-bond donors (Lipinski definition) is 1. The molecular formula is C24H19FN2O2. The molecule has 0 aliphatic heterocycles. The Hall–Kier alpha value is -3.73. The zero-order valence-corrected chi connectivity index (χ0v) is 15.9. The van der Waals surface area contributed by atoms with Crippen LogP contribution in [0.3, 0.4) is 0 Å². The standard InChI is InChI=1S/C24H19FN2O2/c1-2-16-7-3-6-10-21(16)27-23(28)19-8-4-5-9-20(19)24-26-15-22(29-24)17-11-13-18(25)14-12-17/h3-15H,2H2,1H3,(H,27,28). The topological polar surface area (TPSA) is 55.1 Å². The summed E-state index contributed by atoms with van der Waals surface area (Å²) in [6, 6.07) is 20.9. The van der Waals surface area contributed by atoms with Crippen LogP contribution in [0.5, 0.6) is 0 Å². The van der Waals surface area contributed by atoms with Crippen molar-refractivity contribution in [2.75, 3.05) is 5.32 Å². The molecule has 0 aliphatic carbocycles. The van der Waals surface area contributed by atoms with Gasteiger partial charge in [-0.3, -0.25) is 4.79 Å². The van der Waals surface area contributed by atoms with E-state index in [1.54, 1.807) is 36.5 Å². The zero-order chi connectivity index (χ0) is 20.2. The molecule has 4 nitrogen and oxygen atoms in total. The van der Waals surface area contributed by atoms with E-state index in [-0.39, 0.29) is 11.7 Å². The van der Waals surface area contributed by atoms with Gasteiger partial charge in [-0.25, -0.2) is 9.37 Å². The van der Waals surface area contributed by atoms with Gasteiger partial charge in [-0.1, -0.05) is 37.3 Å². The second-order valence-electron chi connectivity index (χ2n) is 6.55. The second-order valence-corrected chi connectivity index (χ2v) is 6.55. The van der Waals surface area contributed by atoms with Gasteiger partial charge in [0.15, 0.2) is 5.76 Å². The summed E-state index contributed by atoms with van der Waals surface area (Å²) in [6.07, 6.45) is 2.39. The van der Waals surface area contributed by atoms with E-state index in [0.29, 0.717) is 28.3 Å². The van der Waals surface area contributed by atoms with Crippen LogP contribution in [0.1, 0.15) is 22.8 Å². The van der Waals surface area contributed by atoms with Crippen LogP contribution in [0.2, 0.25) is 0 Å². The van der Waals surface area contributed by atoms with Gasteiger partial charge in [0.05, 0.1) is 11.8 Å². The number of amides is 1. The Kier molecular flexibility index (Phi) is 5.20. The molecule has 0 radical (unpaired) electrons. The molecule has 1 amide bonds. The van der Waals surface area contributed by atoms with E-state index in [1.807, 2.05) is 37.3 Å². The van der Waals surface area contributed by atoms with Gasteiger partial charge < -0.3 is 9.73 Å². The zero-order valence-electron chi connectivity index (χ0n) is 15.9. The molecule has 0 aliphatic rings. The van der Waals surface area contributed by atoms with Crippen LogP contribution in [0.4, 0.5) is 10.1 Å². The molecule has 29 heavy (non-hydrogen) atoms. The van der Waals surface area contributed by atoms with E-state index < -0.39 is 0 Å². The third-order valence-electron chi connectivity index (χ3n) is 4.68. The van der Waals surface area contributed by atoms with Crippen molar-refractivity contribution in [3.8, 4) is 22.8 Å². The number of aryl methyl sites for hydroxylation is 1. The molecular weight excluding hydrogens is 367 g/mol. The summed E-state index contributed by atoms with van der Waals surface area (Å²) in [4.78, 5) is 17.3. The molecule has 4 rings (SSSR count). The summed E-state index contributed by atoms with van der Waals surface area (Å²) in [5.74, 6) is 0.288. The van der Waals surface area contributed by atoms with Crippen LogP contribution in [-0.4, -0.2) is 10.9 Å². The van der Waals surface area contributed by atoms with Gasteiger partial charge in [0.2, 0.25) is 5.89 Å². The molecule has 1 N–H and O–H groups in total. The molecule has 0 atom stereocenters. The lowest BCUT2D eigenvalue weighted by molar-refractivity contribution is 0.102. The normalized spacial score (nSPS) is 10.7. The first kappa shape index (κ1) is 18.6. The monoisotopic (exact) mass is 386 g/mol. The van der Waals surface area contributed by atoms with Gasteiger partial charge in [-0.05, 0) is 54.4 Å². The van der Waals surface area contributed by atoms with Gasteiger partial charge in [0, 0.05) is 16.8 Å². The molecule has 1 aromatic heterocycles. The number of nitrogens with zero attached hydrogens (tertiary/aromatic N) is 1. The number of benzene rings is 3. The molecule has 0 saturated heterocycles. The smallest absolute Gasteiger partial charge is 0.256 e. The highest BCUT2D eigenvalue weighted by Crippen LogP contribution is 2.29. The van der Waals surface area contributed by atoms with Gasteiger partial charge in [0.25, 0.3) is 5.91 Å². The molecule has 144 valence electrons. The SMILES string of the molecule is CCc1ccccc1NC(=O)c1ccccc1-c1ncc(-c2ccc(F)cc2)o1. The number of halogens is 1. The van der Waals surface area contributed by atoms with Crippen molar-refractivity contribution in [3.63, 3.8) is 0 Å². The van der Waals surface area contributed by atoms with Crippen LogP contribution in [0.25, 0.3) is 22.8 Å². The van der Waals surface area contributed by atoms with Crippen LogP contribution in [-0.2, 0) is 6.42 Å². The summed E-state index contributed by atoms with van der Waals surface area (Å²) in [5.41, 5.74) is 3.62. The maximum atomic E-state index is 13.2. The summed E-state index contributed by atoms with van der Waals surface area (Å²) in [5, 5.41) is 2.98. The fourth-order valence-electron chi connectivity index (χ4n) is 3.15. The molecule has 3 aromatic carbocycles. The average molecular weight is 386 g/mol. The first-order chi connectivity index (χ1) is 14.2. The van der Waals surface area contributed by atoms with E-state index in [4.69, 9.17) is 4.42 Å². The molecule has 0 bridgehead atoms. The predicted molar refractivity (Wildman–Crippen MR) is 111 cm³/mol. The highest BCUT2D eigenvalue weighted by molar-refractivity contribution is 6.08. The van der Waals surface area contributed by atoms with Crippen molar-refractivity contribution in [3.05, 3.63) is 95.9 Å². The second kappa shape index (κ2) is 8.10. The highest BCUT2D eigenvalue weighted by atomic mass is 19.1. The van der Waals surface area contributed by atoms with E-state index in [9.17, 15) is 9.18 Å². The lowest BCUT2D eigenvalue weighted by atomic mass is 10.1. The van der Waals surface area contributed by atoms with Crippen LogP contribution >= 0.6 is 0 Å². The number of hydrogen-bond acceptors (Lipinski definition) is 3. The van der Waals surface area contributed by atoms with Gasteiger partial charge in [-0.15, -0.1) is 0 Å². The van der Waals surface area contributed by atoms with Gasteiger partial charge in [0.1, 0.15) is 5.82 Å². The maximum Gasteiger partial charge on any atom is 0.256 e. The molecule has 4 aromatic rings. The lowest BCUT2D eigenvalue weighted by Crippen LogP contribution is -2.14. The van der Waals surface area contributed by atoms with Crippen molar-refractivity contribution in [2.45, 2.75) is 13.3 Å². The Balaban J connectivity index is 1.65. The van der Waals surface area contributed by atoms with Crippen LogP contribution < -0.4 is 5.32 Å².